The first kappa shape index (κ1) is 20.2. The molecule has 0 aromatic heterocycles. The third-order valence-electron chi connectivity index (χ3n) is 3.57. The fourth-order valence-corrected chi connectivity index (χ4v) is 3.04. The van der Waals surface area contributed by atoms with Crippen LogP contribution < -0.4 is 19.2 Å². The van der Waals surface area contributed by atoms with E-state index in [0.717, 1.165) is 16.1 Å². The number of carbonyl (C=O) groups is 1. The van der Waals surface area contributed by atoms with Gasteiger partial charge in [-0.05, 0) is 54.1 Å². The van der Waals surface area contributed by atoms with Gasteiger partial charge in [-0.2, -0.15) is 5.10 Å². The average Bonchev–Trinajstić information content (AvgIpc) is 2.66. The molecular formula is C18H21N3O5S. The van der Waals surface area contributed by atoms with Crippen molar-refractivity contribution in [1.82, 2.24) is 5.43 Å². The summed E-state index contributed by atoms with van der Waals surface area (Å²) in [6.45, 7) is -0.398. The minimum atomic E-state index is -3.65. The Balaban J connectivity index is 2.03. The maximum Gasteiger partial charge on any atom is 0.260 e. The van der Waals surface area contributed by atoms with Gasteiger partial charge in [0, 0.05) is 0 Å². The predicted molar refractivity (Wildman–Crippen MR) is 104 cm³/mol. The van der Waals surface area contributed by atoms with Crippen LogP contribution in [0.2, 0.25) is 0 Å². The zero-order valence-corrected chi connectivity index (χ0v) is 16.1. The van der Waals surface area contributed by atoms with Crippen molar-refractivity contribution in [3.8, 4) is 11.5 Å². The lowest BCUT2D eigenvalue weighted by Gasteiger charge is -2.21. The molecule has 1 amide bonds. The van der Waals surface area contributed by atoms with Crippen molar-refractivity contribution < 1.29 is 22.7 Å². The van der Waals surface area contributed by atoms with Gasteiger partial charge in [0.1, 0.15) is 18.0 Å². The second-order valence-electron chi connectivity index (χ2n) is 5.53. The highest BCUT2D eigenvalue weighted by Crippen LogP contribution is 2.21. The van der Waals surface area contributed by atoms with E-state index in [1.165, 1.54) is 13.3 Å². The zero-order chi connectivity index (χ0) is 19.9. The third-order valence-corrected chi connectivity index (χ3v) is 4.71. The predicted octanol–water partition coefficient (Wildman–Crippen LogP) is 1.62. The number of sulfonamides is 1. The van der Waals surface area contributed by atoms with E-state index in [9.17, 15) is 13.2 Å². The third kappa shape index (κ3) is 6.00. The molecule has 1 N–H and O–H groups in total. The Morgan fingerprint density at radius 1 is 1.04 bits per heavy atom. The number of nitrogens with one attached hydrogen (secondary N) is 1. The molecule has 0 saturated heterocycles. The molecular weight excluding hydrogens is 370 g/mol. The average molecular weight is 391 g/mol. The van der Waals surface area contributed by atoms with Crippen LogP contribution in [0.1, 0.15) is 5.56 Å². The minimum Gasteiger partial charge on any atom is -0.497 e. The van der Waals surface area contributed by atoms with Crippen LogP contribution in [0.3, 0.4) is 0 Å². The van der Waals surface area contributed by atoms with Crippen molar-refractivity contribution in [2.45, 2.75) is 0 Å². The number of methoxy groups -OCH3 is 2. The smallest absolute Gasteiger partial charge is 0.260 e. The second-order valence-corrected chi connectivity index (χ2v) is 7.44. The summed E-state index contributed by atoms with van der Waals surface area (Å²) >= 11 is 0. The Morgan fingerprint density at radius 2 is 1.56 bits per heavy atom. The summed E-state index contributed by atoms with van der Waals surface area (Å²) in [7, 11) is -0.571. The number of rotatable bonds is 8. The van der Waals surface area contributed by atoms with Crippen LogP contribution in [0, 0.1) is 0 Å². The number of hydrazone groups is 1. The van der Waals surface area contributed by atoms with Crippen molar-refractivity contribution >= 4 is 27.8 Å². The lowest BCUT2D eigenvalue weighted by Crippen LogP contribution is -2.39. The van der Waals surface area contributed by atoms with Crippen LogP contribution in [0.5, 0.6) is 11.5 Å². The first-order chi connectivity index (χ1) is 12.8. The quantitative estimate of drug-likeness (QED) is 0.545. The number of ether oxygens (including phenoxy) is 2. The van der Waals surface area contributed by atoms with Crippen molar-refractivity contribution in [3.63, 3.8) is 0 Å². The Hall–Kier alpha value is -3.07. The Bertz CT molecular complexity index is 894. The van der Waals surface area contributed by atoms with Gasteiger partial charge in [-0.1, -0.05) is 0 Å². The highest BCUT2D eigenvalue weighted by atomic mass is 32.2. The van der Waals surface area contributed by atoms with Crippen LogP contribution in [0.15, 0.2) is 53.6 Å². The number of benzene rings is 2. The molecule has 0 saturated carbocycles. The van der Waals surface area contributed by atoms with Crippen molar-refractivity contribution in [2.24, 2.45) is 5.10 Å². The number of anilines is 1. The summed E-state index contributed by atoms with van der Waals surface area (Å²) in [5, 5.41) is 3.85. The zero-order valence-electron chi connectivity index (χ0n) is 15.2. The molecule has 0 aliphatic carbocycles. The van der Waals surface area contributed by atoms with Gasteiger partial charge in [-0.15, -0.1) is 0 Å². The molecule has 0 unspecified atom stereocenters. The number of hydrogen-bond donors (Lipinski definition) is 1. The highest BCUT2D eigenvalue weighted by molar-refractivity contribution is 7.92. The molecule has 0 heterocycles. The van der Waals surface area contributed by atoms with Gasteiger partial charge >= 0.3 is 0 Å². The lowest BCUT2D eigenvalue weighted by molar-refractivity contribution is -0.119. The topological polar surface area (TPSA) is 97.3 Å². The first-order valence-corrected chi connectivity index (χ1v) is 9.76. The van der Waals surface area contributed by atoms with E-state index in [1.807, 2.05) is 0 Å². The molecule has 9 heteroatoms. The van der Waals surface area contributed by atoms with E-state index in [2.05, 4.69) is 10.5 Å². The van der Waals surface area contributed by atoms with Crippen molar-refractivity contribution in [2.75, 3.05) is 31.3 Å². The maximum atomic E-state index is 12.1. The summed E-state index contributed by atoms with van der Waals surface area (Å²) in [6.07, 6.45) is 2.49. The van der Waals surface area contributed by atoms with Crippen LogP contribution in [-0.4, -0.2) is 47.6 Å². The summed E-state index contributed by atoms with van der Waals surface area (Å²) < 4.78 is 35.2. The molecule has 2 aromatic rings. The van der Waals surface area contributed by atoms with E-state index in [0.29, 0.717) is 17.2 Å². The molecule has 0 bridgehead atoms. The molecule has 2 aromatic carbocycles. The highest BCUT2D eigenvalue weighted by Gasteiger charge is 2.20. The van der Waals surface area contributed by atoms with Crippen LogP contribution >= 0.6 is 0 Å². The fraction of sp³-hybridized carbons (Fsp3) is 0.222. The van der Waals surface area contributed by atoms with Crippen LogP contribution in [0.4, 0.5) is 5.69 Å². The van der Waals surface area contributed by atoms with Gasteiger partial charge in [0.2, 0.25) is 10.0 Å². The molecule has 0 aliphatic heterocycles. The number of hydrogen-bond acceptors (Lipinski definition) is 6. The molecule has 0 spiro atoms. The van der Waals surface area contributed by atoms with Gasteiger partial charge in [-0.3, -0.25) is 9.10 Å². The second kappa shape index (κ2) is 9.04. The fourth-order valence-electron chi connectivity index (χ4n) is 2.18. The van der Waals surface area contributed by atoms with Crippen LogP contribution in [-0.2, 0) is 14.8 Å². The number of amides is 1. The molecule has 27 heavy (non-hydrogen) atoms. The van der Waals surface area contributed by atoms with E-state index < -0.39 is 22.5 Å². The van der Waals surface area contributed by atoms with Gasteiger partial charge in [0.05, 0.1) is 32.4 Å². The van der Waals surface area contributed by atoms with E-state index in [-0.39, 0.29) is 0 Å². The van der Waals surface area contributed by atoms with E-state index in [1.54, 1.807) is 55.6 Å². The summed E-state index contributed by atoms with van der Waals surface area (Å²) in [5.74, 6) is 0.723. The Morgan fingerprint density at radius 3 is 2.04 bits per heavy atom. The molecule has 144 valence electrons. The monoisotopic (exact) mass is 391 g/mol. The normalized spacial score (nSPS) is 11.2. The SMILES string of the molecule is COc1ccc(/C=N\NC(=O)CN(c2ccc(OC)cc2)S(C)(=O)=O)cc1. The summed E-state index contributed by atoms with van der Waals surface area (Å²) in [6, 6.07) is 13.4. The van der Waals surface area contributed by atoms with E-state index in [4.69, 9.17) is 9.47 Å². The van der Waals surface area contributed by atoms with E-state index >= 15 is 0 Å². The minimum absolute atomic E-state index is 0.354. The molecule has 2 rings (SSSR count). The molecule has 0 atom stereocenters. The molecule has 0 fully saturated rings. The molecule has 0 radical (unpaired) electrons. The Labute approximate surface area is 158 Å². The van der Waals surface area contributed by atoms with Crippen molar-refractivity contribution in [1.29, 1.82) is 0 Å². The molecule has 0 aliphatic rings. The summed E-state index contributed by atoms with van der Waals surface area (Å²) in [4.78, 5) is 12.1. The van der Waals surface area contributed by atoms with Gasteiger partial charge in [0.25, 0.3) is 5.91 Å². The van der Waals surface area contributed by atoms with Gasteiger partial charge in [0.15, 0.2) is 0 Å². The van der Waals surface area contributed by atoms with Crippen LogP contribution in [0.25, 0.3) is 0 Å². The standard InChI is InChI=1S/C18H21N3O5S/c1-25-16-8-4-14(5-9-16)12-19-20-18(22)13-21(27(3,23)24)15-6-10-17(26-2)11-7-15/h4-12H,13H2,1-3H3,(H,20,22)/b19-12-. The van der Waals surface area contributed by atoms with Gasteiger partial charge < -0.3 is 9.47 Å². The Kier molecular flexibility index (Phi) is 6.78. The number of nitrogens with zero attached hydrogens (tertiary/aromatic N) is 2. The summed E-state index contributed by atoms with van der Waals surface area (Å²) in [5.41, 5.74) is 3.43. The molecule has 8 nitrogen and oxygen atoms in total. The lowest BCUT2D eigenvalue weighted by atomic mass is 10.2. The largest absolute Gasteiger partial charge is 0.497 e. The maximum absolute atomic E-state index is 12.1. The number of carbonyl (C=O) groups excluding carboxylic acids is 1. The first-order valence-electron chi connectivity index (χ1n) is 7.91. The van der Waals surface area contributed by atoms with Gasteiger partial charge in [-0.25, -0.2) is 13.8 Å². The van der Waals surface area contributed by atoms with Crippen molar-refractivity contribution in [3.05, 3.63) is 54.1 Å².